The van der Waals surface area contributed by atoms with E-state index in [2.05, 4.69) is 10.3 Å². The predicted octanol–water partition coefficient (Wildman–Crippen LogP) is 3.85. The summed E-state index contributed by atoms with van der Waals surface area (Å²) >= 11 is 1.61. The SMILES string of the molecule is CCCNc1cc([N+](=O)[O-])cc(-c2csc(C)c2)n1. The Balaban J connectivity index is 2.41. The Bertz CT molecular complexity index is 595. The monoisotopic (exact) mass is 277 g/mol. The largest absolute Gasteiger partial charge is 0.370 e. The van der Waals surface area contributed by atoms with Gasteiger partial charge >= 0.3 is 0 Å². The molecule has 0 aromatic carbocycles. The molecule has 0 radical (unpaired) electrons. The first-order chi connectivity index (χ1) is 9.10. The molecule has 0 aliphatic carbocycles. The Morgan fingerprint density at radius 1 is 1.42 bits per heavy atom. The van der Waals surface area contributed by atoms with Crippen molar-refractivity contribution in [1.29, 1.82) is 0 Å². The molecule has 0 saturated heterocycles. The normalized spacial score (nSPS) is 10.4. The van der Waals surface area contributed by atoms with E-state index in [9.17, 15) is 10.1 Å². The molecule has 19 heavy (non-hydrogen) atoms. The van der Waals surface area contributed by atoms with Crippen LogP contribution in [0.15, 0.2) is 23.6 Å². The molecule has 2 rings (SSSR count). The molecule has 0 bridgehead atoms. The molecule has 0 amide bonds. The summed E-state index contributed by atoms with van der Waals surface area (Å²) in [6.45, 7) is 4.78. The Morgan fingerprint density at radius 2 is 2.21 bits per heavy atom. The summed E-state index contributed by atoms with van der Waals surface area (Å²) in [6.07, 6.45) is 0.942. The number of hydrogen-bond donors (Lipinski definition) is 1. The highest BCUT2D eigenvalue weighted by Gasteiger charge is 2.13. The fourth-order valence-electron chi connectivity index (χ4n) is 1.69. The summed E-state index contributed by atoms with van der Waals surface area (Å²) in [5.74, 6) is 0.551. The number of thiophene rings is 1. The highest BCUT2D eigenvalue weighted by atomic mass is 32.1. The van der Waals surface area contributed by atoms with Crippen LogP contribution in [0.5, 0.6) is 0 Å². The van der Waals surface area contributed by atoms with E-state index < -0.39 is 0 Å². The van der Waals surface area contributed by atoms with Crippen LogP contribution in [0.4, 0.5) is 11.5 Å². The third-order valence-electron chi connectivity index (χ3n) is 2.60. The van der Waals surface area contributed by atoms with E-state index in [4.69, 9.17) is 0 Å². The number of anilines is 1. The van der Waals surface area contributed by atoms with E-state index in [1.54, 1.807) is 11.3 Å². The molecular formula is C13H15N3O2S. The zero-order valence-electron chi connectivity index (χ0n) is 10.8. The van der Waals surface area contributed by atoms with Crippen LogP contribution in [0.3, 0.4) is 0 Å². The average molecular weight is 277 g/mol. The Hall–Kier alpha value is -1.95. The molecule has 0 saturated carbocycles. The number of aryl methyl sites for hydroxylation is 1. The van der Waals surface area contributed by atoms with Crippen LogP contribution in [0, 0.1) is 17.0 Å². The van der Waals surface area contributed by atoms with E-state index >= 15 is 0 Å². The van der Waals surface area contributed by atoms with Crippen LogP contribution >= 0.6 is 11.3 Å². The van der Waals surface area contributed by atoms with Crippen molar-refractivity contribution in [2.75, 3.05) is 11.9 Å². The number of aromatic nitrogens is 1. The van der Waals surface area contributed by atoms with Gasteiger partial charge in [0.15, 0.2) is 0 Å². The second-order valence-electron chi connectivity index (χ2n) is 4.23. The molecule has 0 atom stereocenters. The van der Waals surface area contributed by atoms with Gasteiger partial charge in [-0.1, -0.05) is 6.92 Å². The standard InChI is InChI=1S/C13H15N3O2S/c1-3-4-14-13-7-11(16(17)18)6-12(15-13)10-5-9(2)19-8-10/h5-8H,3-4H2,1-2H3,(H,14,15). The Labute approximate surface area is 115 Å². The summed E-state index contributed by atoms with van der Waals surface area (Å²) in [5, 5.41) is 16.0. The zero-order chi connectivity index (χ0) is 13.8. The summed E-state index contributed by atoms with van der Waals surface area (Å²) < 4.78 is 0. The molecule has 1 N–H and O–H groups in total. The van der Waals surface area contributed by atoms with Gasteiger partial charge in [-0.05, 0) is 19.4 Å². The molecule has 0 aliphatic rings. The number of nitrogens with one attached hydrogen (secondary N) is 1. The highest BCUT2D eigenvalue weighted by Crippen LogP contribution is 2.28. The quantitative estimate of drug-likeness (QED) is 0.665. The fourth-order valence-corrected chi connectivity index (χ4v) is 2.39. The lowest BCUT2D eigenvalue weighted by Gasteiger charge is -2.06. The van der Waals surface area contributed by atoms with Crippen LogP contribution < -0.4 is 5.32 Å². The zero-order valence-corrected chi connectivity index (χ0v) is 11.7. The number of pyridine rings is 1. The predicted molar refractivity (Wildman–Crippen MR) is 77.7 cm³/mol. The molecule has 6 heteroatoms. The third-order valence-corrected chi connectivity index (χ3v) is 3.46. The minimum absolute atomic E-state index is 0.0625. The molecular weight excluding hydrogens is 262 g/mol. The maximum Gasteiger partial charge on any atom is 0.275 e. The first kappa shape index (κ1) is 13.5. The number of hydrogen-bond acceptors (Lipinski definition) is 5. The number of nitro groups is 1. The van der Waals surface area contributed by atoms with Gasteiger partial charge in [-0.3, -0.25) is 10.1 Å². The van der Waals surface area contributed by atoms with E-state index in [1.165, 1.54) is 12.1 Å². The van der Waals surface area contributed by atoms with Crippen molar-refractivity contribution >= 4 is 22.8 Å². The first-order valence-corrected chi connectivity index (χ1v) is 6.94. The Kier molecular flexibility index (Phi) is 4.11. The van der Waals surface area contributed by atoms with Crippen molar-refractivity contribution in [1.82, 2.24) is 4.98 Å². The summed E-state index contributed by atoms with van der Waals surface area (Å²) in [5.41, 5.74) is 1.62. The van der Waals surface area contributed by atoms with E-state index in [1.807, 2.05) is 25.3 Å². The molecule has 5 nitrogen and oxygen atoms in total. The lowest BCUT2D eigenvalue weighted by atomic mass is 10.2. The summed E-state index contributed by atoms with van der Waals surface area (Å²) in [4.78, 5) is 16.2. The lowest BCUT2D eigenvalue weighted by Crippen LogP contribution is -2.03. The minimum atomic E-state index is -0.387. The number of rotatable bonds is 5. The van der Waals surface area contributed by atoms with Gasteiger partial charge < -0.3 is 5.32 Å². The first-order valence-electron chi connectivity index (χ1n) is 6.06. The van der Waals surface area contributed by atoms with Gasteiger partial charge in [0.05, 0.1) is 16.7 Å². The smallest absolute Gasteiger partial charge is 0.275 e. The minimum Gasteiger partial charge on any atom is -0.370 e. The van der Waals surface area contributed by atoms with Crippen LogP contribution in [-0.2, 0) is 0 Å². The Morgan fingerprint density at radius 3 is 2.79 bits per heavy atom. The summed E-state index contributed by atoms with van der Waals surface area (Å²) in [7, 11) is 0. The van der Waals surface area contributed by atoms with Gasteiger partial charge in [0.25, 0.3) is 5.69 Å². The molecule has 0 unspecified atom stereocenters. The van der Waals surface area contributed by atoms with Crippen molar-refractivity contribution in [3.8, 4) is 11.3 Å². The fraction of sp³-hybridized carbons (Fsp3) is 0.308. The van der Waals surface area contributed by atoms with Gasteiger partial charge in [-0.2, -0.15) is 0 Å². The molecule has 100 valence electrons. The lowest BCUT2D eigenvalue weighted by molar-refractivity contribution is -0.384. The molecule has 2 aromatic rings. The van der Waals surface area contributed by atoms with Gasteiger partial charge in [0.1, 0.15) is 5.82 Å². The molecule has 0 aliphatic heterocycles. The average Bonchev–Trinajstić information content (AvgIpc) is 2.82. The van der Waals surface area contributed by atoms with Gasteiger partial charge in [-0.25, -0.2) is 4.98 Å². The third kappa shape index (κ3) is 3.29. The van der Waals surface area contributed by atoms with E-state index in [0.29, 0.717) is 11.5 Å². The van der Waals surface area contributed by atoms with Crippen molar-refractivity contribution in [2.45, 2.75) is 20.3 Å². The highest BCUT2D eigenvalue weighted by molar-refractivity contribution is 7.10. The molecule has 0 fully saturated rings. The maximum atomic E-state index is 11.0. The maximum absolute atomic E-state index is 11.0. The molecule has 2 heterocycles. The van der Waals surface area contributed by atoms with Crippen LogP contribution in [0.2, 0.25) is 0 Å². The van der Waals surface area contributed by atoms with Gasteiger partial charge in [0.2, 0.25) is 0 Å². The summed E-state index contributed by atoms with van der Waals surface area (Å²) in [6, 6.07) is 4.97. The van der Waals surface area contributed by atoms with Gasteiger partial charge in [-0.15, -0.1) is 11.3 Å². The van der Waals surface area contributed by atoms with E-state index in [-0.39, 0.29) is 10.6 Å². The van der Waals surface area contributed by atoms with Crippen LogP contribution in [-0.4, -0.2) is 16.5 Å². The van der Waals surface area contributed by atoms with Crippen molar-refractivity contribution in [2.24, 2.45) is 0 Å². The van der Waals surface area contributed by atoms with Gasteiger partial charge in [0, 0.05) is 28.4 Å². The van der Waals surface area contributed by atoms with Crippen molar-refractivity contribution in [3.63, 3.8) is 0 Å². The molecule has 2 aromatic heterocycles. The molecule has 0 spiro atoms. The van der Waals surface area contributed by atoms with Crippen molar-refractivity contribution < 1.29 is 4.92 Å². The topological polar surface area (TPSA) is 68.1 Å². The van der Waals surface area contributed by atoms with Crippen molar-refractivity contribution in [3.05, 3.63) is 38.6 Å². The van der Waals surface area contributed by atoms with Crippen LogP contribution in [0.25, 0.3) is 11.3 Å². The van der Waals surface area contributed by atoms with Crippen LogP contribution in [0.1, 0.15) is 18.2 Å². The number of nitrogens with zero attached hydrogens (tertiary/aromatic N) is 2. The second kappa shape index (κ2) is 5.79. The van der Waals surface area contributed by atoms with E-state index in [0.717, 1.165) is 23.4 Å². The second-order valence-corrected chi connectivity index (χ2v) is 5.34.